The lowest BCUT2D eigenvalue weighted by Crippen LogP contribution is -2.26. The zero-order valence-electron chi connectivity index (χ0n) is 16.4. The van der Waals surface area contributed by atoms with Gasteiger partial charge in [-0.1, -0.05) is 6.07 Å². The van der Waals surface area contributed by atoms with Gasteiger partial charge in [-0.3, -0.25) is 9.78 Å². The summed E-state index contributed by atoms with van der Waals surface area (Å²) in [6.07, 6.45) is 5.96. The van der Waals surface area contributed by atoms with Crippen LogP contribution in [0.2, 0.25) is 0 Å². The van der Waals surface area contributed by atoms with Gasteiger partial charge in [0, 0.05) is 12.3 Å². The number of hydrogen-bond acceptors (Lipinski definition) is 5. The smallest absolute Gasteiger partial charge is 0.244 e. The fraction of sp³-hybridized carbons (Fsp3) is 0.130. The summed E-state index contributed by atoms with van der Waals surface area (Å²) in [6.45, 7) is 0.655. The molecule has 1 heterocycles. The minimum atomic E-state index is -0.533. The van der Waals surface area contributed by atoms with Gasteiger partial charge in [0.2, 0.25) is 5.91 Å². The van der Waals surface area contributed by atoms with Crippen LogP contribution < -0.4 is 19.5 Å². The fourth-order valence-corrected chi connectivity index (χ4v) is 2.48. The number of pyridine rings is 1. The average Bonchev–Trinajstić information content (AvgIpc) is 2.78. The highest BCUT2D eigenvalue weighted by Crippen LogP contribution is 2.24. The minimum Gasteiger partial charge on any atom is -0.497 e. The van der Waals surface area contributed by atoms with Gasteiger partial charge in [-0.05, 0) is 60.2 Å². The summed E-state index contributed by atoms with van der Waals surface area (Å²) in [4.78, 5) is 15.8. The lowest BCUT2D eigenvalue weighted by atomic mass is 10.2. The molecule has 3 rings (SSSR count). The maximum atomic E-state index is 14.2. The lowest BCUT2D eigenvalue weighted by Gasteiger charge is -2.07. The highest BCUT2D eigenvalue weighted by molar-refractivity contribution is 5.91. The van der Waals surface area contributed by atoms with Crippen LogP contribution in [0.1, 0.15) is 5.56 Å². The van der Waals surface area contributed by atoms with E-state index in [0.29, 0.717) is 30.2 Å². The Labute approximate surface area is 173 Å². The van der Waals surface area contributed by atoms with E-state index in [0.717, 1.165) is 5.75 Å². The van der Waals surface area contributed by atoms with Crippen LogP contribution in [0.25, 0.3) is 6.08 Å². The number of carbonyl (C=O) groups is 1. The third-order valence-corrected chi connectivity index (χ3v) is 3.97. The Morgan fingerprint density at radius 2 is 1.90 bits per heavy atom. The van der Waals surface area contributed by atoms with E-state index in [1.54, 1.807) is 55.8 Å². The Morgan fingerprint density at radius 1 is 1.10 bits per heavy atom. The monoisotopic (exact) mass is 408 g/mol. The highest BCUT2D eigenvalue weighted by Gasteiger charge is 2.05. The topological polar surface area (TPSA) is 69.7 Å². The normalized spacial score (nSPS) is 10.6. The molecule has 0 saturated heterocycles. The first-order valence-electron chi connectivity index (χ1n) is 9.24. The van der Waals surface area contributed by atoms with Crippen molar-refractivity contribution in [1.29, 1.82) is 0 Å². The molecule has 7 heteroatoms. The van der Waals surface area contributed by atoms with E-state index < -0.39 is 5.82 Å². The quantitative estimate of drug-likeness (QED) is 0.424. The molecule has 1 amide bonds. The third kappa shape index (κ3) is 6.34. The minimum absolute atomic E-state index is 0.0836. The molecule has 6 nitrogen and oxygen atoms in total. The molecule has 0 aliphatic carbocycles. The number of hydrogen-bond donors (Lipinski definition) is 1. The van der Waals surface area contributed by atoms with Gasteiger partial charge in [0.25, 0.3) is 0 Å². The number of carbonyl (C=O) groups excluding carboxylic acids is 1. The Hall–Kier alpha value is -3.87. The zero-order valence-corrected chi connectivity index (χ0v) is 16.4. The second-order valence-electron chi connectivity index (χ2n) is 6.13. The molecule has 0 radical (unpaired) electrons. The van der Waals surface area contributed by atoms with Crippen LogP contribution >= 0.6 is 0 Å². The van der Waals surface area contributed by atoms with Crippen molar-refractivity contribution in [2.45, 2.75) is 0 Å². The van der Waals surface area contributed by atoms with E-state index in [-0.39, 0.29) is 11.7 Å². The van der Waals surface area contributed by atoms with Crippen molar-refractivity contribution in [3.05, 3.63) is 84.4 Å². The van der Waals surface area contributed by atoms with Crippen molar-refractivity contribution in [2.24, 2.45) is 0 Å². The zero-order chi connectivity index (χ0) is 21.2. The van der Waals surface area contributed by atoms with E-state index in [1.165, 1.54) is 30.5 Å². The molecule has 2 aromatic carbocycles. The van der Waals surface area contributed by atoms with Crippen LogP contribution in [0.5, 0.6) is 23.0 Å². The number of rotatable bonds is 9. The third-order valence-electron chi connectivity index (χ3n) is 3.97. The Balaban J connectivity index is 1.44. The largest absolute Gasteiger partial charge is 0.497 e. The number of ether oxygens (including phenoxy) is 3. The van der Waals surface area contributed by atoms with Crippen LogP contribution in [0, 0.1) is 5.82 Å². The van der Waals surface area contributed by atoms with Crippen LogP contribution in [-0.4, -0.2) is 31.2 Å². The predicted octanol–water partition coefficient (Wildman–Crippen LogP) is 4.23. The summed E-state index contributed by atoms with van der Waals surface area (Å²) in [5.41, 5.74) is 0.538. The molecule has 1 aromatic heterocycles. The van der Waals surface area contributed by atoms with Gasteiger partial charge in [-0.25, -0.2) is 4.39 Å². The molecule has 0 fully saturated rings. The Bertz CT molecular complexity index is 992. The second kappa shape index (κ2) is 10.6. The summed E-state index contributed by atoms with van der Waals surface area (Å²) < 4.78 is 30.3. The summed E-state index contributed by atoms with van der Waals surface area (Å²) in [7, 11) is 1.60. The molecular weight excluding hydrogens is 387 g/mol. The number of nitrogens with zero attached hydrogens (tertiary/aromatic N) is 1. The molecule has 0 saturated carbocycles. The number of benzene rings is 2. The van der Waals surface area contributed by atoms with Crippen molar-refractivity contribution in [3.63, 3.8) is 0 Å². The van der Waals surface area contributed by atoms with E-state index in [1.807, 2.05) is 0 Å². The van der Waals surface area contributed by atoms with Crippen LogP contribution in [0.3, 0.4) is 0 Å². The maximum Gasteiger partial charge on any atom is 0.244 e. The number of amides is 1. The molecule has 0 aliphatic rings. The fourth-order valence-electron chi connectivity index (χ4n) is 2.48. The lowest BCUT2D eigenvalue weighted by molar-refractivity contribution is -0.116. The summed E-state index contributed by atoms with van der Waals surface area (Å²) in [5.74, 6) is 1.12. The number of nitrogens with one attached hydrogen (secondary N) is 1. The standard InChI is InChI=1S/C23H21FN2O4/c1-28-18-6-8-19(9-7-18)29-14-13-26-23(27)11-5-17-4-10-22(21(24)15-17)30-20-3-2-12-25-16-20/h2-12,15-16H,13-14H2,1H3,(H,26,27)/b11-5+. The maximum absolute atomic E-state index is 14.2. The Morgan fingerprint density at radius 3 is 2.60 bits per heavy atom. The van der Waals surface area contributed by atoms with Gasteiger partial charge in [0.15, 0.2) is 11.6 Å². The molecule has 0 aliphatic heterocycles. The molecule has 30 heavy (non-hydrogen) atoms. The number of methoxy groups -OCH3 is 1. The van der Waals surface area contributed by atoms with Crippen LogP contribution in [-0.2, 0) is 4.79 Å². The summed E-state index contributed by atoms with van der Waals surface area (Å²) in [5, 5.41) is 2.70. The van der Waals surface area contributed by atoms with Crippen molar-refractivity contribution < 1.29 is 23.4 Å². The van der Waals surface area contributed by atoms with E-state index in [9.17, 15) is 9.18 Å². The predicted molar refractivity (Wildman–Crippen MR) is 111 cm³/mol. The molecule has 3 aromatic rings. The number of halogens is 1. The van der Waals surface area contributed by atoms with Gasteiger partial charge < -0.3 is 19.5 Å². The molecule has 0 unspecified atom stereocenters. The first-order valence-corrected chi connectivity index (χ1v) is 9.24. The van der Waals surface area contributed by atoms with Gasteiger partial charge in [-0.2, -0.15) is 0 Å². The van der Waals surface area contributed by atoms with Crippen LogP contribution in [0.15, 0.2) is 73.1 Å². The van der Waals surface area contributed by atoms with Crippen molar-refractivity contribution in [3.8, 4) is 23.0 Å². The van der Waals surface area contributed by atoms with Crippen molar-refractivity contribution in [1.82, 2.24) is 10.3 Å². The average molecular weight is 408 g/mol. The molecular formula is C23H21FN2O4. The highest BCUT2D eigenvalue weighted by atomic mass is 19.1. The first kappa shape index (κ1) is 20.9. The molecule has 1 N–H and O–H groups in total. The van der Waals surface area contributed by atoms with E-state index >= 15 is 0 Å². The SMILES string of the molecule is COc1ccc(OCCNC(=O)/C=C/c2ccc(Oc3cccnc3)c(F)c2)cc1. The Kier molecular flexibility index (Phi) is 7.38. The number of aromatic nitrogens is 1. The molecule has 154 valence electrons. The molecule has 0 spiro atoms. The van der Waals surface area contributed by atoms with Crippen molar-refractivity contribution >= 4 is 12.0 Å². The summed E-state index contributed by atoms with van der Waals surface area (Å²) >= 11 is 0. The van der Waals surface area contributed by atoms with Gasteiger partial charge in [-0.15, -0.1) is 0 Å². The van der Waals surface area contributed by atoms with Gasteiger partial charge in [0.05, 0.1) is 19.9 Å². The second-order valence-corrected chi connectivity index (χ2v) is 6.13. The van der Waals surface area contributed by atoms with Gasteiger partial charge >= 0.3 is 0 Å². The van der Waals surface area contributed by atoms with Crippen molar-refractivity contribution in [2.75, 3.05) is 20.3 Å². The van der Waals surface area contributed by atoms with Gasteiger partial charge in [0.1, 0.15) is 23.9 Å². The van der Waals surface area contributed by atoms with Crippen LogP contribution in [0.4, 0.5) is 4.39 Å². The first-order chi connectivity index (χ1) is 14.6. The summed E-state index contributed by atoms with van der Waals surface area (Å²) in [6, 6.07) is 15.0. The molecule has 0 bridgehead atoms. The van der Waals surface area contributed by atoms with E-state index in [4.69, 9.17) is 14.2 Å². The molecule has 0 atom stereocenters. The van der Waals surface area contributed by atoms with E-state index in [2.05, 4.69) is 10.3 Å².